The van der Waals surface area contributed by atoms with E-state index < -0.39 is 10.4 Å². The third-order valence-corrected chi connectivity index (χ3v) is 1.65. The van der Waals surface area contributed by atoms with Crippen molar-refractivity contribution in [3.8, 4) is 0 Å². The Labute approximate surface area is 94.5 Å². The normalized spacial score (nSPS) is 10.4. The Kier molecular flexibility index (Phi) is 6.51. The van der Waals surface area contributed by atoms with E-state index in [0.717, 1.165) is 6.42 Å². The molecule has 2 N–H and O–H groups in total. The van der Waals surface area contributed by atoms with Crippen molar-refractivity contribution >= 4 is 22.0 Å². The van der Waals surface area contributed by atoms with Gasteiger partial charge in [0.15, 0.2) is 0 Å². The van der Waals surface area contributed by atoms with Crippen LogP contribution in [0.1, 0.15) is 11.1 Å². The smallest absolute Gasteiger partial charge is 0.264 e. The van der Waals surface area contributed by atoms with Gasteiger partial charge in [-0.2, -0.15) is 8.42 Å². The van der Waals surface area contributed by atoms with E-state index in [9.17, 15) is 0 Å². The lowest BCUT2D eigenvalue weighted by atomic mass is 10.1. The summed E-state index contributed by atoms with van der Waals surface area (Å²) in [7, 11) is -4.67. The first kappa shape index (κ1) is 14.4. The average molecular weight is 253 g/mol. The van der Waals surface area contributed by atoms with Gasteiger partial charge in [0.25, 0.3) is 0 Å². The van der Waals surface area contributed by atoms with E-state index in [0.29, 0.717) is 5.88 Å². The van der Waals surface area contributed by atoms with Gasteiger partial charge in [0.2, 0.25) is 0 Å². The lowest BCUT2D eigenvalue weighted by molar-refractivity contribution is 0.381. The fourth-order valence-electron chi connectivity index (χ4n) is 0.977. The molecule has 4 nitrogen and oxygen atoms in total. The molecule has 0 aliphatic rings. The van der Waals surface area contributed by atoms with Crippen LogP contribution in [0.5, 0.6) is 0 Å². The molecule has 0 saturated heterocycles. The van der Waals surface area contributed by atoms with Gasteiger partial charge in [-0.15, -0.1) is 11.6 Å². The number of aryl methyl sites for hydroxylation is 2. The molecule has 0 spiro atoms. The van der Waals surface area contributed by atoms with Gasteiger partial charge < -0.3 is 0 Å². The summed E-state index contributed by atoms with van der Waals surface area (Å²) < 4.78 is 31.6. The molecule has 1 aromatic rings. The molecule has 0 aromatic heterocycles. The number of hydrogen-bond donors (Lipinski definition) is 2. The number of halogens is 1. The van der Waals surface area contributed by atoms with Crippen LogP contribution >= 0.6 is 11.6 Å². The Morgan fingerprint density at radius 1 is 1.33 bits per heavy atom. The highest BCUT2D eigenvalue weighted by atomic mass is 35.5. The van der Waals surface area contributed by atoms with Gasteiger partial charge in [-0.25, -0.2) is 0 Å². The molecule has 0 amide bonds. The van der Waals surface area contributed by atoms with Crippen molar-refractivity contribution in [2.75, 3.05) is 5.88 Å². The van der Waals surface area contributed by atoms with E-state index in [4.69, 9.17) is 29.1 Å². The fourth-order valence-corrected chi connectivity index (χ4v) is 1.19. The van der Waals surface area contributed by atoms with Crippen LogP contribution in [-0.2, 0) is 16.8 Å². The van der Waals surface area contributed by atoms with E-state index in [1.807, 2.05) is 0 Å². The monoisotopic (exact) mass is 252 g/mol. The summed E-state index contributed by atoms with van der Waals surface area (Å²) in [5.74, 6) is 0.712. The van der Waals surface area contributed by atoms with E-state index in [1.54, 1.807) is 0 Å². The molecule has 0 atom stereocenters. The minimum atomic E-state index is -4.67. The molecule has 0 bridgehead atoms. The Hall–Kier alpha value is -0.620. The summed E-state index contributed by atoms with van der Waals surface area (Å²) in [6.07, 6.45) is 0.975. The van der Waals surface area contributed by atoms with Crippen molar-refractivity contribution in [3.05, 3.63) is 35.4 Å². The molecular weight excluding hydrogens is 240 g/mol. The predicted octanol–water partition coefficient (Wildman–Crippen LogP) is 2.12. The van der Waals surface area contributed by atoms with Crippen LogP contribution in [-0.4, -0.2) is 23.4 Å². The molecule has 0 radical (unpaired) electrons. The molecule has 0 aliphatic carbocycles. The zero-order chi connectivity index (χ0) is 11.9. The lowest BCUT2D eigenvalue weighted by Gasteiger charge is -1.97. The molecule has 86 valence electrons. The van der Waals surface area contributed by atoms with Gasteiger partial charge in [0, 0.05) is 5.88 Å². The zero-order valence-corrected chi connectivity index (χ0v) is 9.79. The summed E-state index contributed by atoms with van der Waals surface area (Å²) in [4.78, 5) is 0. The Bertz CT molecular complexity index is 381. The van der Waals surface area contributed by atoms with Crippen LogP contribution in [0.15, 0.2) is 24.3 Å². The van der Waals surface area contributed by atoms with Gasteiger partial charge in [0.05, 0.1) is 0 Å². The quantitative estimate of drug-likeness (QED) is 0.625. The molecule has 0 aliphatic heterocycles. The maximum Gasteiger partial charge on any atom is 0.394 e. The van der Waals surface area contributed by atoms with Crippen LogP contribution < -0.4 is 0 Å². The van der Waals surface area contributed by atoms with E-state index in [1.165, 1.54) is 11.1 Å². The van der Waals surface area contributed by atoms with E-state index >= 15 is 0 Å². The zero-order valence-electron chi connectivity index (χ0n) is 8.22. The van der Waals surface area contributed by atoms with Gasteiger partial charge in [-0.05, 0) is 18.9 Å². The van der Waals surface area contributed by atoms with Crippen molar-refractivity contribution in [2.45, 2.75) is 13.3 Å². The highest BCUT2D eigenvalue weighted by Crippen LogP contribution is 2.04. The third kappa shape index (κ3) is 11.3. The Morgan fingerprint density at radius 3 is 2.27 bits per heavy atom. The molecule has 15 heavy (non-hydrogen) atoms. The van der Waals surface area contributed by atoms with E-state index in [-0.39, 0.29) is 0 Å². The third-order valence-electron chi connectivity index (χ3n) is 1.47. The second kappa shape index (κ2) is 6.79. The first-order chi connectivity index (χ1) is 6.83. The van der Waals surface area contributed by atoms with Crippen molar-refractivity contribution in [3.63, 3.8) is 0 Å². The summed E-state index contributed by atoms with van der Waals surface area (Å²) >= 11 is 5.59. The second-order valence-electron chi connectivity index (χ2n) is 2.88. The van der Waals surface area contributed by atoms with Gasteiger partial charge >= 0.3 is 10.4 Å². The van der Waals surface area contributed by atoms with Crippen molar-refractivity contribution in [2.24, 2.45) is 0 Å². The summed E-state index contributed by atoms with van der Waals surface area (Å²) in [5, 5.41) is 0. The SMILES string of the molecule is Cc1cccc(CCCl)c1.O=S(=O)(O)O. The van der Waals surface area contributed by atoms with Crippen molar-refractivity contribution in [1.29, 1.82) is 0 Å². The maximum atomic E-state index is 8.74. The molecule has 0 unspecified atom stereocenters. The van der Waals surface area contributed by atoms with Crippen LogP contribution in [0.4, 0.5) is 0 Å². The maximum absolute atomic E-state index is 8.74. The second-order valence-corrected chi connectivity index (χ2v) is 4.15. The molecule has 0 fully saturated rings. The van der Waals surface area contributed by atoms with Crippen LogP contribution in [0.2, 0.25) is 0 Å². The average Bonchev–Trinajstić information content (AvgIpc) is 2.01. The highest BCUT2D eigenvalue weighted by molar-refractivity contribution is 7.79. The summed E-state index contributed by atoms with van der Waals surface area (Å²) in [6.45, 7) is 2.09. The molecule has 0 saturated carbocycles. The largest absolute Gasteiger partial charge is 0.394 e. The van der Waals surface area contributed by atoms with Crippen LogP contribution in [0.3, 0.4) is 0 Å². The molecule has 1 rings (SSSR count). The lowest BCUT2D eigenvalue weighted by Crippen LogP contribution is -1.89. The van der Waals surface area contributed by atoms with Crippen molar-refractivity contribution in [1.82, 2.24) is 0 Å². The summed E-state index contributed by atoms with van der Waals surface area (Å²) in [6, 6.07) is 8.44. The Morgan fingerprint density at radius 2 is 1.87 bits per heavy atom. The highest BCUT2D eigenvalue weighted by Gasteiger charge is 1.89. The first-order valence-corrected chi connectivity index (χ1v) is 6.07. The van der Waals surface area contributed by atoms with E-state index in [2.05, 4.69) is 31.2 Å². The van der Waals surface area contributed by atoms with Gasteiger partial charge in [-0.3, -0.25) is 9.11 Å². The fraction of sp³-hybridized carbons (Fsp3) is 0.333. The molecule has 0 heterocycles. The van der Waals surface area contributed by atoms with Crippen LogP contribution in [0.25, 0.3) is 0 Å². The summed E-state index contributed by atoms with van der Waals surface area (Å²) in [5.41, 5.74) is 2.64. The predicted molar refractivity (Wildman–Crippen MR) is 59.8 cm³/mol. The number of benzene rings is 1. The first-order valence-electron chi connectivity index (χ1n) is 4.14. The molecule has 6 heteroatoms. The van der Waals surface area contributed by atoms with Crippen LogP contribution in [0, 0.1) is 6.92 Å². The topological polar surface area (TPSA) is 74.6 Å². The minimum Gasteiger partial charge on any atom is -0.264 e. The van der Waals surface area contributed by atoms with Gasteiger partial charge in [0.1, 0.15) is 0 Å². The van der Waals surface area contributed by atoms with Gasteiger partial charge in [-0.1, -0.05) is 29.8 Å². The minimum absolute atomic E-state index is 0.712. The number of hydrogen-bond acceptors (Lipinski definition) is 2. The Balaban J connectivity index is 0.000000336. The molecule has 1 aromatic carbocycles. The standard InChI is InChI=1S/C9H11Cl.H2O4S/c1-8-3-2-4-9(7-8)5-6-10;1-5(2,3)4/h2-4,7H,5-6H2,1H3;(H2,1,2,3,4). The molecular formula is C9H13ClO4S. The van der Waals surface area contributed by atoms with Crippen molar-refractivity contribution < 1.29 is 17.5 Å². The number of rotatable bonds is 2. The number of alkyl halides is 1.